The predicted molar refractivity (Wildman–Crippen MR) is 69.7 cm³/mol. The summed E-state index contributed by atoms with van der Waals surface area (Å²) in [6.45, 7) is 3.74. The van der Waals surface area contributed by atoms with Gasteiger partial charge in [-0.25, -0.2) is 9.78 Å². The third-order valence-electron chi connectivity index (χ3n) is 2.51. The Balaban J connectivity index is 2.41. The normalized spacial score (nSPS) is 9.95. The fraction of sp³-hybridized carbons (Fsp3) is 0.417. The number of carbonyl (C=O) groups is 2. The summed E-state index contributed by atoms with van der Waals surface area (Å²) in [5.41, 5.74) is 0. The van der Waals surface area contributed by atoms with Gasteiger partial charge in [0.2, 0.25) is 0 Å². The summed E-state index contributed by atoms with van der Waals surface area (Å²) < 4.78 is 1.87. The molecule has 1 aromatic rings. The van der Waals surface area contributed by atoms with Crippen molar-refractivity contribution in [3.8, 4) is 0 Å². The number of carboxylic acid groups (broad SMARTS) is 1. The zero-order chi connectivity index (χ0) is 14.3. The molecule has 7 nitrogen and oxygen atoms in total. The summed E-state index contributed by atoms with van der Waals surface area (Å²) in [7, 11) is 1.87. The largest absolute Gasteiger partial charge is 0.480 e. The number of amides is 2. The highest BCUT2D eigenvalue weighted by Crippen LogP contribution is 1.95. The predicted octanol–water partition coefficient (Wildman–Crippen LogP) is 0.245. The molecule has 2 amide bonds. The molecule has 7 heteroatoms. The minimum atomic E-state index is -1.05. The SMILES string of the molecule is C=CCN(CC(=O)O)C(=O)NCCc1nccn1C. The zero-order valence-corrected chi connectivity index (χ0v) is 10.9. The number of nitrogens with one attached hydrogen (secondary N) is 1. The summed E-state index contributed by atoms with van der Waals surface area (Å²) in [4.78, 5) is 27.7. The molecule has 0 aliphatic heterocycles. The van der Waals surface area contributed by atoms with Crippen molar-refractivity contribution in [2.24, 2.45) is 7.05 Å². The van der Waals surface area contributed by atoms with Gasteiger partial charge in [-0.2, -0.15) is 0 Å². The van der Waals surface area contributed by atoms with Crippen LogP contribution in [0.15, 0.2) is 25.0 Å². The van der Waals surface area contributed by atoms with Crippen LogP contribution in [0.25, 0.3) is 0 Å². The van der Waals surface area contributed by atoms with E-state index in [1.165, 1.54) is 11.0 Å². The Morgan fingerprint density at radius 1 is 1.63 bits per heavy atom. The molecule has 0 aromatic carbocycles. The summed E-state index contributed by atoms with van der Waals surface area (Å²) in [5.74, 6) is -0.199. The van der Waals surface area contributed by atoms with Crippen LogP contribution in [0.3, 0.4) is 0 Å². The van der Waals surface area contributed by atoms with Crippen molar-refractivity contribution in [1.82, 2.24) is 19.8 Å². The van der Waals surface area contributed by atoms with Crippen LogP contribution in [-0.4, -0.2) is 51.2 Å². The summed E-state index contributed by atoms with van der Waals surface area (Å²) in [5, 5.41) is 11.4. The maximum absolute atomic E-state index is 11.8. The quantitative estimate of drug-likeness (QED) is 0.692. The molecule has 2 N–H and O–H groups in total. The molecule has 1 heterocycles. The highest BCUT2D eigenvalue weighted by molar-refractivity contribution is 5.80. The van der Waals surface area contributed by atoms with Crippen LogP contribution in [0, 0.1) is 0 Å². The molecule has 0 spiro atoms. The fourth-order valence-electron chi connectivity index (χ4n) is 1.57. The molecule has 0 bridgehead atoms. The lowest BCUT2D eigenvalue weighted by Gasteiger charge is -2.19. The highest BCUT2D eigenvalue weighted by Gasteiger charge is 2.14. The van der Waals surface area contributed by atoms with Gasteiger partial charge in [0.25, 0.3) is 0 Å². The third-order valence-corrected chi connectivity index (χ3v) is 2.51. The van der Waals surface area contributed by atoms with Crippen molar-refractivity contribution >= 4 is 12.0 Å². The Morgan fingerprint density at radius 3 is 2.89 bits per heavy atom. The van der Waals surface area contributed by atoms with Crippen molar-refractivity contribution in [3.05, 3.63) is 30.9 Å². The molecular weight excluding hydrogens is 248 g/mol. The van der Waals surface area contributed by atoms with Crippen LogP contribution < -0.4 is 5.32 Å². The number of urea groups is 1. The van der Waals surface area contributed by atoms with Crippen molar-refractivity contribution in [2.75, 3.05) is 19.6 Å². The molecule has 0 unspecified atom stereocenters. The van der Waals surface area contributed by atoms with Crippen molar-refractivity contribution in [2.45, 2.75) is 6.42 Å². The van der Waals surface area contributed by atoms with Crippen LogP contribution in [-0.2, 0) is 18.3 Å². The van der Waals surface area contributed by atoms with Crippen LogP contribution in [0.1, 0.15) is 5.82 Å². The van der Waals surface area contributed by atoms with Gasteiger partial charge >= 0.3 is 12.0 Å². The molecule has 0 fully saturated rings. The number of aromatic nitrogens is 2. The summed E-state index contributed by atoms with van der Waals surface area (Å²) >= 11 is 0. The Labute approximate surface area is 111 Å². The van der Waals surface area contributed by atoms with Gasteiger partial charge in [0.15, 0.2) is 0 Å². The first-order chi connectivity index (χ1) is 9.04. The molecule has 0 aliphatic carbocycles. The number of imidazole rings is 1. The van der Waals surface area contributed by atoms with Gasteiger partial charge in [-0.05, 0) is 0 Å². The minimum absolute atomic E-state index is 0.195. The van der Waals surface area contributed by atoms with E-state index in [0.29, 0.717) is 13.0 Å². The second kappa shape index (κ2) is 7.20. The minimum Gasteiger partial charge on any atom is -0.480 e. The topological polar surface area (TPSA) is 87.5 Å². The fourth-order valence-corrected chi connectivity index (χ4v) is 1.57. The number of nitrogens with zero attached hydrogens (tertiary/aromatic N) is 3. The Hall–Kier alpha value is -2.31. The smallest absolute Gasteiger partial charge is 0.323 e. The lowest BCUT2D eigenvalue weighted by molar-refractivity contribution is -0.137. The lowest BCUT2D eigenvalue weighted by Crippen LogP contribution is -2.43. The van der Waals surface area contributed by atoms with Crippen molar-refractivity contribution in [3.63, 3.8) is 0 Å². The first-order valence-electron chi connectivity index (χ1n) is 5.86. The third kappa shape index (κ3) is 4.82. The van der Waals surface area contributed by atoms with Gasteiger partial charge in [-0.1, -0.05) is 6.08 Å². The van der Waals surface area contributed by atoms with E-state index in [1.54, 1.807) is 6.20 Å². The van der Waals surface area contributed by atoms with E-state index in [0.717, 1.165) is 5.82 Å². The first-order valence-corrected chi connectivity index (χ1v) is 5.86. The van der Waals surface area contributed by atoms with E-state index < -0.39 is 12.0 Å². The highest BCUT2D eigenvalue weighted by atomic mass is 16.4. The van der Waals surface area contributed by atoms with Crippen LogP contribution >= 0.6 is 0 Å². The van der Waals surface area contributed by atoms with Gasteiger partial charge in [-0.3, -0.25) is 4.79 Å². The average molecular weight is 266 g/mol. The average Bonchev–Trinajstić information content (AvgIpc) is 2.74. The molecule has 0 atom stereocenters. The molecule has 1 aromatic heterocycles. The number of aryl methyl sites for hydroxylation is 1. The molecule has 0 saturated heterocycles. The number of carbonyl (C=O) groups excluding carboxylic acids is 1. The second-order valence-electron chi connectivity index (χ2n) is 4.00. The Morgan fingerprint density at radius 2 is 2.37 bits per heavy atom. The maximum Gasteiger partial charge on any atom is 0.323 e. The van der Waals surface area contributed by atoms with Crippen molar-refractivity contribution in [1.29, 1.82) is 0 Å². The summed E-state index contributed by atoms with van der Waals surface area (Å²) in [6, 6.07) is -0.420. The number of aliphatic carboxylic acids is 1. The first kappa shape index (κ1) is 14.7. The van der Waals surface area contributed by atoms with Crippen LogP contribution in [0.5, 0.6) is 0 Å². The number of carboxylic acids is 1. The standard InChI is InChI=1S/C12H18N4O3/c1-3-7-16(9-11(17)18)12(19)14-5-4-10-13-6-8-15(10)2/h3,6,8H,1,4-5,7,9H2,2H3,(H,14,19)(H,17,18). The number of rotatable bonds is 7. The molecule has 1 rings (SSSR count). The Bertz CT molecular complexity index is 456. The molecular formula is C12H18N4O3. The van der Waals surface area contributed by atoms with Gasteiger partial charge in [0, 0.05) is 39.0 Å². The van der Waals surface area contributed by atoms with E-state index >= 15 is 0 Å². The van der Waals surface area contributed by atoms with Gasteiger partial charge < -0.3 is 19.9 Å². The molecule has 0 aliphatic rings. The lowest BCUT2D eigenvalue weighted by atomic mass is 10.4. The molecule has 19 heavy (non-hydrogen) atoms. The van der Waals surface area contributed by atoms with Gasteiger partial charge in [0.1, 0.15) is 12.4 Å². The van der Waals surface area contributed by atoms with Crippen LogP contribution in [0.2, 0.25) is 0 Å². The summed E-state index contributed by atoms with van der Waals surface area (Å²) in [6.07, 6.45) is 5.59. The maximum atomic E-state index is 11.8. The van der Waals surface area contributed by atoms with E-state index in [4.69, 9.17) is 5.11 Å². The molecule has 0 saturated carbocycles. The van der Waals surface area contributed by atoms with Crippen LogP contribution in [0.4, 0.5) is 4.79 Å². The Kier molecular flexibility index (Phi) is 5.59. The van der Waals surface area contributed by atoms with E-state index in [1.807, 2.05) is 17.8 Å². The number of hydrogen-bond acceptors (Lipinski definition) is 3. The molecule has 0 radical (unpaired) electrons. The van der Waals surface area contributed by atoms with Gasteiger partial charge in [0.05, 0.1) is 0 Å². The van der Waals surface area contributed by atoms with E-state index in [9.17, 15) is 9.59 Å². The van der Waals surface area contributed by atoms with Crippen molar-refractivity contribution < 1.29 is 14.7 Å². The zero-order valence-electron chi connectivity index (χ0n) is 10.9. The second-order valence-corrected chi connectivity index (χ2v) is 4.00. The van der Waals surface area contributed by atoms with E-state index in [2.05, 4.69) is 16.9 Å². The molecule has 104 valence electrons. The van der Waals surface area contributed by atoms with E-state index in [-0.39, 0.29) is 13.1 Å². The monoisotopic (exact) mass is 266 g/mol. The number of hydrogen-bond donors (Lipinski definition) is 2. The van der Waals surface area contributed by atoms with Gasteiger partial charge in [-0.15, -0.1) is 6.58 Å².